The largest absolute Gasteiger partial charge is 0.490 e. The standard InChI is InChI=1S/C33H41N3O5/c1-7-39-30-18-26(14-15-29(30)40-20-27-13-8-10-23(4)17-27)19-34-36-33(38)28(16-22(2)3)35-31(37)21-41-32-24(5)11-9-12-25(32)6/h8-15,17-19,22,28H,7,16,20-21H2,1-6H3,(H,35,37)(H,36,38)/b34-19-/t28-/m1/s1. The van der Waals surface area contributed by atoms with Crippen LogP contribution in [0.15, 0.2) is 65.8 Å². The van der Waals surface area contributed by atoms with Gasteiger partial charge in [-0.1, -0.05) is 61.9 Å². The van der Waals surface area contributed by atoms with Gasteiger partial charge >= 0.3 is 0 Å². The fraction of sp³-hybridized carbons (Fsp3) is 0.364. The second-order valence-electron chi connectivity index (χ2n) is 10.4. The highest BCUT2D eigenvalue weighted by Crippen LogP contribution is 2.29. The minimum Gasteiger partial charge on any atom is -0.490 e. The number of nitrogens with zero attached hydrogens (tertiary/aromatic N) is 1. The zero-order chi connectivity index (χ0) is 29.8. The maximum atomic E-state index is 12.9. The lowest BCUT2D eigenvalue weighted by molar-refractivity contribution is -0.130. The molecular weight excluding hydrogens is 518 g/mol. The number of ether oxygens (including phenoxy) is 3. The number of hydrogen-bond acceptors (Lipinski definition) is 6. The Kier molecular flexibility index (Phi) is 11.8. The van der Waals surface area contributed by atoms with Crippen LogP contribution in [0, 0.1) is 26.7 Å². The maximum Gasteiger partial charge on any atom is 0.262 e. The molecule has 0 aliphatic rings. The van der Waals surface area contributed by atoms with E-state index in [-0.39, 0.29) is 18.4 Å². The van der Waals surface area contributed by atoms with Crippen molar-refractivity contribution >= 4 is 18.0 Å². The molecule has 0 unspecified atom stereocenters. The second-order valence-corrected chi connectivity index (χ2v) is 10.4. The zero-order valence-corrected chi connectivity index (χ0v) is 24.8. The molecule has 41 heavy (non-hydrogen) atoms. The third-order valence-corrected chi connectivity index (χ3v) is 6.25. The van der Waals surface area contributed by atoms with Crippen LogP contribution in [0.25, 0.3) is 0 Å². The first-order chi connectivity index (χ1) is 19.7. The monoisotopic (exact) mass is 559 g/mol. The average molecular weight is 560 g/mol. The molecule has 2 N–H and O–H groups in total. The average Bonchev–Trinajstić information content (AvgIpc) is 2.92. The van der Waals surface area contributed by atoms with E-state index in [1.807, 2.05) is 96.1 Å². The van der Waals surface area contributed by atoms with Gasteiger partial charge in [-0.05, 0) is 80.5 Å². The summed E-state index contributed by atoms with van der Waals surface area (Å²) in [4.78, 5) is 25.6. The predicted molar refractivity (Wildman–Crippen MR) is 162 cm³/mol. The third kappa shape index (κ3) is 9.98. The third-order valence-electron chi connectivity index (χ3n) is 6.25. The van der Waals surface area contributed by atoms with E-state index in [1.165, 1.54) is 11.8 Å². The number of amides is 2. The lowest BCUT2D eigenvalue weighted by Crippen LogP contribution is -2.47. The van der Waals surface area contributed by atoms with Crippen LogP contribution in [-0.4, -0.2) is 37.3 Å². The number of carbonyl (C=O) groups excluding carboxylic acids is 2. The number of hydrazone groups is 1. The predicted octanol–water partition coefficient (Wildman–Crippen LogP) is 5.65. The van der Waals surface area contributed by atoms with Crippen LogP contribution in [0.4, 0.5) is 0 Å². The summed E-state index contributed by atoms with van der Waals surface area (Å²) in [5.41, 5.74) is 7.41. The molecule has 0 heterocycles. The van der Waals surface area contributed by atoms with Crippen molar-refractivity contribution in [1.29, 1.82) is 0 Å². The number of aryl methyl sites for hydroxylation is 3. The Hall–Kier alpha value is -4.33. The summed E-state index contributed by atoms with van der Waals surface area (Å²) in [6.07, 6.45) is 1.99. The van der Waals surface area contributed by atoms with E-state index >= 15 is 0 Å². The first kappa shape index (κ1) is 31.2. The van der Waals surface area contributed by atoms with E-state index in [0.29, 0.717) is 36.9 Å². The van der Waals surface area contributed by atoms with Gasteiger partial charge in [-0.25, -0.2) is 5.43 Å². The number of carbonyl (C=O) groups is 2. The van der Waals surface area contributed by atoms with E-state index in [4.69, 9.17) is 14.2 Å². The molecule has 8 nitrogen and oxygen atoms in total. The molecule has 0 spiro atoms. The smallest absolute Gasteiger partial charge is 0.262 e. The van der Waals surface area contributed by atoms with Crippen LogP contribution < -0.4 is 25.0 Å². The molecule has 0 fully saturated rings. The molecule has 3 aromatic rings. The molecule has 0 aliphatic carbocycles. The highest BCUT2D eigenvalue weighted by molar-refractivity contribution is 5.89. The Morgan fingerprint density at radius 3 is 2.32 bits per heavy atom. The second kappa shape index (κ2) is 15.5. The lowest BCUT2D eigenvalue weighted by Gasteiger charge is -2.19. The Balaban J connectivity index is 1.60. The van der Waals surface area contributed by atoms with Gasteiger partial charge in [0.25, 0.3) is 11.8 Å². The highest BCUT2D eigenvalue weighted by Gasteiger charge is 2.22. The van der Waals surface area contributed by atoms with Crippen molar-refractivity contribution in [2.24, 2.45) is 11.0 Å². The van der Waals surface area contributed by atoms with Crippen molar-refractivity contribution in [3.8, 4) is 17.2 Å². The molecule has 3 aromatic carbocycles. The molecule has 0 radical (unpaired) electrons. The van der Waals surface area contributed by atoms with Crippen molar-refractivity contribution in [3.05, 3.63) is 88.5 Å². The fourth-order valence-electron chi connectivity index (χ4n) is 4.31. The van der Waals surface area contributed by atoms with E-state index in [0.717, 1.165) is 22.3 Å². The van der Waals surface area contributed by atoms with Crippen molar-refractivity contribution in [2.45, 2.75) is 60.6 Å². The van der Waals surface area contributed by atoms with Crippen LogP contribution in [0.5, 0.6) is 17.2 Å². The quantitative estimate of drug-likeness (QED) is 0.197. The summed E-state index contributed by atoms with van der Waals surface area (Å²) in [5.74, 6) is 1.28. The molecule has 3 rings (SSSR count). The van der Waals surface area contributed by atoms with Crippen molar-refractivity contribution in [1.82, 2.24) is 10.7 Å². The van der Waals surface area contributed by atoms with Crippen LogP contribution in [0.3, 0.4) is 0 Å². The van der Waals surface area contributed by atoms with Gasteiger partial charge in [-0.3, -0.25) is 9.59 Å². The minimum absolute atomic E-state index is 0.177. The van der Waals surface area contributed by atoms with Crippen molar-refractivity contribution in [3.63, 3.8) is 0 Å². The number of hydrogen-bond donors (Lipinski definition) is 2. The molecule has 0 aromatic heterocycles. The molecule has 0 aliphatic heterocycles. The van der Waals surface area contributed by atoms with Gasteiger partial charge in [0.15, 0.2) is 18.1 Å². The first-order valence-corrected chi connectivity index (χ1v) is 13.9. The minimum atomic E-state index is -0.752. The molecule has 218 valence electrons. The molecule has 0 bridgehead atoms. The molecule has 0 saturated heterocycles. The summed E-state index contributed by atoms with van der Waals surface area (Å²) < 4.78 is 17.5. The van der Waals surface area contributed by atoms with Gasteiger partial charge in [0, 0.05) is 0 Å². The van der Waals surface area contributed by atoms with Crippen LogP contribution >= 0.6 is 0 Å². The topological polar surface area (TPSA) is 98.2 Å². The number of nitrogens with one attached hydrogen (secondary N) is 2. The van der Waals surface area contributed by atoms with Gasteiger partial charge in [0.1, 0.15) is 18.4 Å². The van der Waals surface area contributed by atoms with Gasteiger partial charge in [-0.2, -0.15) is 5.10 Å². The van der Waals surface area contributed by atoms with Crippen molar-refractivity contribution < 1.29 is 23.8 Å². The summed E-state index contributed by atoms with van der Waals surface area (Å²) >= 11 is 0. The number of para-hydroxylation sites is 1. The fourth-order valence-corrected chi connectivity index (χ4v) is 4.31. The Morgan fingerprint density at radius 2 is 1.63 bits per heavy atom. The SMILES string of the molecule is CCOc1cc(/C=N\NC(=O)[C@@H](CC(C)C)NC(=O)COc2c(C)cccc2C)ccc1OCc1cccc(C)c1. The molecule has 8 heteroatoms. The Morgan fingerprint density at radius 1 is 0.902 bits per heavy atom. The first-order valence-electron chi connectivity index (χ1n) is 13.9. The van der Waals surface area contributed by atoms with Gasteiger partial charge < -0.3 is 19.5 Å². The Bertz CT molecular complexity index is 1330. The lowest BCUT2D eigenvalue weighted by atomic mass is 10.0. The molecular formula is C33H41N3O5. The summed E-state index contributed by atoms with van der Waals surface area (Å²) in [6.45, 7) is 12.5. The van der Waals surface area contributed by atoms with Gasteiger partial charge in [0.05, 0.1) is 12.8 Å². The Labute approximate surface area is 243 Å². The van der Waals surface area contributed by atoms with E-state index in [2.05, 4.69) is 21.9 Å². The van der Waals surface area contributed by atoms with E-state index < -0.39 is 11.9 Å². The summed E-state index contributed by atoms with van der Waals surface area (Å²) in [6, 6.07) is 18.7. The summed E-state index contributed by atoms with van der Waals surface area (Å²) in [7, 11) is 0. The normalized spacial score (nSPS) is 11.8. The van der Waals surface area contributed by atoms with E-state index in [9.17, 15) is 9.59 Å². The van der Waals surface area contributed by atoms with Crippen molar-refractivity contribution in [2.75, 3.05) is 13.2 Å². The van der Waals surface area contributed by atoms with Crippen LogP contribution in [0.1, 0.15) is 55.0 Å². The molecule has 2 amide bonds. The number of benzene rings is 3. The van der Waals surface area contributed by atoms with Gasteiger partial charge in [0.2, 0.25) is 0 Å². The molecule has 1 atom stereocenters. The highest BCUT2D eigenvalue weighted by atomic mass is 16.5. The molecule has 0 saturated carbocycles. The number of rotatable bonds is 14. The zero-order valence-electron chi connectivity index (χ0n) is 24.8. The maximum absolute atomic E-state index is 12.9. The summed E-state index contributed by atoms with van der Waals surface area (Å²) in [5, 5.41) is 6.91. The van der Waals surface area contributed by atoms with E-state index in [1.54, 1.807) is 0 Å². The van der Waals surface area contributed by atoms with Crippen LogP contribution in [-0.2, 0) is 16.2 Å². The van der Waals surface area contributed by atoms with Gasteiger partial charge in [-0.15, -0.1) is 0 Å². The van der Waals surface area contributed by atoms with Crippen LogP contribution in [0.2, 0.25) is 0 Å².